The second-order valence-electron chi connectivity index (χ2n) is 8.96. The average molecular weight is 565 g/mol. The zero-order chi connectivity index (χ0) is 25.4. The van der Waals surface area contributed by atoms with Gasteiger partial charge in [-0.3, -0.25) is 13.9 Å². The molecule has 1 unspecified atom stereocenters. The Balaban J connectivity index is 1.87. The Hall–Kier alpha value is -2.39. The molecule has 0 aliphatic heterocycles. The van der Waals surface area contributed by atoms with Gasteiger partial charge in [-0.2, -0.15) is 0 Å². The van der Waals surface area contributed by atoms with Gasteiger partial charge in [0.15, 0.2) is 0 Å². The lowest BCUT2D eigenvalue weighted by molar-refractivity contribution is -0.139. The fourth-order valence-electron chi connectivity index (χ4n) is 4.51. The van der Waals surface area contributed by atoms with Crippen molar-refractivity contribution in [2.75, 3.05) is 23.7 Å². The van der Waals surface area contributed by atoms with Gasteiger partial charge in [-0.15, -0.1) is 0 Å². The van der Waals surface area contributed by atoms with Gasteiger partial charge in [0, 0.05) is 17.1 Å². The number of rotatable bonds is 11. The molecule has 7 nitrogen and oxygen atoms in total. The molecule has 1 aliphatic rings. The van der Waals surface area contributed by atoms with Crippen LogP contribution in [0.4, 0.5) is 5.69 Å². The highest BCUT2D eigenvalue weighted by Gasteiger charge is 2.33. The SMILES string of the molecule is CCC(C(=O)NC1CCCC1)N(CCc1ccccc1)C(=O)CN(c1ccccc1Br)S(C)(=O)=O. The molecule has 1 saturated carbocycles. The first-order valence-electron chi connectivity index (χ1n) is 12.1. The van der Waals surface area contributed by atoms with E-state index < -0.39 is 22.0 Å². The molecule has 1 fully saturated rings. The first-order valence-corrected chi connectivity index (χ1v) is 14.7. The summed E-state index contributed by atoms with van der Waals surface area (Å²) < 4.78 is 27.0. The largest absolute Gasteiger partial charge is 0.352 e. The predicted octanol–water partition coefficient (Wildman–Crippen LogP) is 4.12. The standard InChI is InChI=1S/C26H34BrN3O4S/c1-3-23(26(32)28-21-13-7-8-14-21)29(18-17-20-11-5-4-6-12-20)25(31)19-30(35(2,33)34)24-16-10-9-15-22(24)27/h4-6,9-12,15-16,21,23H,3,7-8,13-14,17-19H2,1-2H3,(H,28,32). The van der Waals surface area contributed by atoms with Crippen molar-refractivity contribution in [2.45, 2.75) is 57.5 Å². The zero-order valence-corrected chi connectivity index (χ0v) is 22.7. The Bertz CT molecular complexity index is 1100. The second kappa shape index (κ2) is 12.5. The number of hydrogen-bond donors (Lipinski definition) is 1. The van der Waals surface area contributed by atoms with Crippen LogP contribution >= 0.6 is 15.9 Å². The minimum atomic E-state index is -3.75. The van der Waals surface area contributed by atoms with E-state index in [1.54, 1.807) is 29.2 Å². The Morgan fingerprint density at radius 1 is 1.06 bits per heavy atom. The van der Waals surface area contributed by atoms with Crippen molar-refractivity contribution in [3.8, 4) is 0 Å². The van der Waals surface area contributed by atoms with E-state index in [4.69, 9.17) is 0 Å². The summed E-state index contributed by atoms with van der Waals surface area (Å²) in [5.41, 5.74) is 1.43. The quantitative estimate of drug-likeness (QED) is 0.445. The van der Waals surface area contributed by atoms with Gasteiger partial charge in [0.1, 0.15) is 12.6 Å². The third-order valence-electron chi connectivity index (χ3n) is 6.37. The number of benzene rings is 2. The van der Waals surface area contributed by atoms with E-state index in [2.05, 4.69) is 21.2 Å². The molecule has 0 aromatic heterocycles. The Labute approximate surface area is 217 Å². The number of para-hydroxylation sites is 1. The highest BCUT2D eigenvalue weighted by Crippen LogP contribution is 2.28. The summed E-state index contributed by atoms with van der Waals surface area (Å²) in [5.74, 6) is -0.580. The van der Waals surface area contributed by atoms with Gasteiger partial charge in [-0.05, 0) is 59.3 Å². The number of nitrogens with one attached hydrogen (secondary N) is 1. The maximum atomic E-state index is 13.7. The second-order valence-corrected chi connectivity index (χ2v) is 11.7. The third kappa shape index (κ3) is 7.54. The van der Waals surface area contributed by atoms with E-state index in [0.29, 0.717) is 29.5 Å². The minimum absolute atomic E-state index is 0.135. The molecule has 3 rings (SSSR count). The van der Waals surface area contributed by atoms with Crippen LogP contribution in [-0.4, -0.2) is 56.6 Å². The molecule has 1 aliphatic carbocycles. The van der Waals surface area contributed by atoms with Crippen molar-refractivity contribution in [2.24, 2.45) is 0 Å². The third-order valence-corrected chi connectivity index (χ3v) is 8.17. The zero-order valence-electron chi connectivity index (χ0n) is 20.3. The molecule has 1 N–H and O–H groups in total. The van der Waals surface area contributed by atoms with Crippen molar-refractivity contribution in [1.82, 2.24) is 10.2 Å². The van der Waals surface area contributed by atoms with E-state index in [-0.39, 0.29) is 18.5 Å². The van der Waals surface area contributed by atoms with Gasteiger partial charge in [-0.25, -0.2) is 8.42 Å². The molecule has 2 amide bonds. The molecule has 0 saturated heterocycles. The van der Waals surface area contributed by atoms with E-state index in [9.17, 15) is 18.0 Å². The molecule has 9 heteroatoms. The Morgan fingerprint density at radius 3 is 2.29 bits per heavy atom. The van der Waals surface area contributed by atoms with Crippen LogP contribution in [0.5, 0.6) is 0 Å². The van der Waals surface area contributed by atoms with Gasteiger partial charge >= 0.3 is 0 Å². The molecular formula is C26H34BrN3O4S. The normalized spacial score (nSPS) is 14.9. The summed E-state index contributed by atoms with van der Waals surface area (Å²) in [6.07, 6.45) is 6.16. The van der Waals surface area contributed by atoms with Crippen molar-refractivity contribution in [3.05, 3.63) is 64.6 Å². The number of amides is 2. The maximum Gasteiger partial charge on any atom is 0.244 e. The van der Waals surface area contributed by atoms with E-state index >= 15 is 0 Å². The molecule has 2 aromatic rings. The van der Waals surface area contributed by atoms with E-state index in [0.717, 1.165) is 41.8 Å². The number of sulfonamides is 1. The lowest BCUT2D eigenvalue weighted by atomic mass is 10.1. The summed E-state index contributed by atoms with van der Waals surface area (Å²) in [4.78, 5) is 28.5. The van der Waals surface area contributed by atoms with Crippen LogP contribution in [0.15, 0.2) is 59.1 Å². The Kier molecular flexibility index (Phi) is 9.74. The molecule has 1 atom stereocenters. The lowest BCUT2D eigenvalue weighted by Crippen LogP contribution is -2.54. The summed E-state index contributed by atoms with van der Waals surface area (Å²) in [6, 6.07) is 16.1. The molecule has 0 bridgehead atoms. The minimum Gasteiger partial charge on any atom is -0.352 e. The van der Waals surface area contributed by atoms with Gasteiger partial charge in [-0.1, -0.05) is 62.2 Å². The van der Waals surface area contributed by atoms with Crippen LogP contribution in [0.1, 0.15) is 44.6 Å². The molecular weight excluding hydrogens is 530 g/mol. The number of nitrogens with zero attached hydrogens (tertiary/aromatic N) is 2. The number of anilines is 1. The topological polar surface area (TPSA) is 86.8 Å². The van der Waals surface area contributed by atoms with Crippen LogP contribution in [0.25, 0.3) is 0 Å². The number of carbonyl (C=O) groups is 2. The van der Waals surface area contributed by atoms with Crippen LogP contribution in [0.2, 0.25) is 0 Å². The van der Waals surface area contributed by atoms with Crippen molar-refractivity contribution in [3.63, 3.8) is 0 Å². The summed E-state index contributed by atoms with van der Waals surface area (Å²) in [6.45, 7) is 1.81. The fraction of sp³-hybridized carbons (Fsp3) is 0.462. The van der Waals surface area contributed by atoms with Crippen LogP contribution in [0.3, 0.4) is 0 Å². The molecule has 190 valence electrons. The molecule has 2 aromatic carbocycles. The average Bonchev–Trinajstić information content (AvgIpc) is 3.33. The summed E-state index contributed by atoms with van der Waals surface area (Å²) >= 11 is 3.40. The molecule has 35 heavy (non-hydrogen) atoms. The maximum absolute atomic E-state index is 13.7. The first kappa shape index (κ1) is 27.2. The highest BCUT2D eigenvalue weighted by molar-refractivity contribution is 9.10. The fourth-order valence-corrected chi connectivity index (χ4v) is 5.99. The van der Waals surface area contributed by atoms with E-state index in [1.807, 2.05) is 37.3 Å². The van der Waals surface area contributed by atoms with Gasteiger partial charge in [0.05, 0.1) is 11.9 Å². The molecule has 0 radical (unpaired) electrons. The highest BCUT2D eigenvalue weighted by atomic mass is 79.9. The molecule has 0 spiro atoms. The van der Waals surface area contributed by atoms with Gasteiger partial charge < -0.3 is 10.2 Å². The smallest absolute Gasteiger partial charge is 0.244 e. The summed E-state index contributed by atoms with van der Waals surface area (Å²) in [7, 11) is -3.75. The van der Waals surface area contributed by atoms with Gasteiger partial charge in [0.2, 0.25) is 21.8 Å². The van der Waals surface area contributed by atoms with Crippen molar-refractivity contribution in [1.29, 1.82) is 0 Å². The van der Waals surface area contributed by atoms with Crippen molar-refractivity contribution < 1.29 is 18.0 Å². The number of hydrogen-bond acceptors (Lipinski definition) is 4. The summed E-state index contributed by atoms with van der Waals surface area (Å²) in [5, 5.41) is 3.12. The van der Waals surface area contributed by atoms with Gasteiger partial charge in [0.25, 0.3) is 0 Å². The molecule has 0 heterocycles. The van der Waals surface area contributed by atoms with Crippen LogP contribution in [0, 0.1) is 0 Å². The monoisotopic (exact) mass is 563 g/mol. The lowest BCUT2D eigenvalue weighted by Gasteiger charge is -2.33. The van der Waals surface area contributed by atoms with E-state index in [1.165, 1.54) is 0 Å². The van der Waals surface area contributed by atoms with Crippen LogP contribution in [-0.2, 0) is 26.0 Å². The Morgan fingerprint density at radius 2 is 1.69 bits per heavy atom. The number of carbonyl (C=O) groups excluding carboxylic acids is 2. The predicted molar refractivity (Wildman–Crippen MR) is 143 cm³/mol. The van der Waals surface area contributed by atoms with Crippen molar-refractivity contribution >= 4 is 43.5 Å². The first-order chi connectivity index (χ1) is 16.7. The number of halogens is 1. The van der Waals surface area contributed by atoms with Crippen LogP contribution < -0.4 is 9.62 Å².